The fourth-order valence-corrected chi connectivity index (χ4v) is 6.96. The van der Waals surface area contributed by atoms with E-state index in [9.17, 15) is 4.79 Å². The zero-order chi connectivity index (χ0) is 16.8. The highest BCUT2D eigenvalue weighted by molar-refractivity contribution is 5.77. The van der Waals surface area contributed by atoms with Gasteiger partial charge in [-0.2, -0.15) is 0 Å². The molecule has 0 spiro atoms. The molecule has 0 heterocycles. The molecule has 0 aromatic rings. The van der Waals surface area contributed by atoms with Crippen LogP contribution in [-0.4, -0.2) is 13.1 Å². The minimum Gasteiger partial charge on any atom is -0.469 e. The number of rotatable bonds is 2. The van der Waals surface area contributed by atoms with Gasteiger partial charge >= 0.3 is 5.97 Å². The second kappa shape index (κ2) is 6.08. The average Bonchev–Trinajstić information content (AvgIpc) is 2.53. The molecule has 3 fully saturated rings. The molecule has 3 aliphatic carbocycles. The second-order valence-corrected chi connectivity index (χ2v) is 9.58. The average molecular weight is 321 g/mol. The van der Waals surface area contributed by atoms with E-state index in [4.69, 9.17) is 4.74 Å². The summed E-state index contributed by atoms with van der Waals surface area (Å²) in [4.78, 5) is 12.6. The van der Waals surface area contributed by atoms with Gasteiger partial charge in [0.2, 0.25) is 0 Å². The molecule has 132 valence electrons. The monoisotopic (exact) mass is 320 g/mol. The molecule has 0 amide bonds. The normalized spacial score (nSPS) is 46.9. The maximum Gasteiger partial charge on any atom is 0.311 e. The van der Waals surface area contributed by atoms with Crippen molar-refractivity contribution in [1.82, 2.24) is 0 Å². The van der Waals surface area contributed by atoms with Crippen LogP contribution in [0.25, 0.3) is 0 Å². The standard InChI is InChI=1S/C21H36O2/c1-14(2)15-7-9-17-16(13-15)8-10-18-20(17,3)11-6-12-21(18,4)19(22)23-5/h14-18H,6-13H2,1-5H3/t15-,16+,17+,18-,20-,21-/m1/s1. The van der Waals surface area contributed by atoms with Gasteiger partial charge in [0.1, 0.15) is 0 Å². The Balaban J connectivity index is 1.85. The third kappa shape index (κ3) is 2.65. The highest BCUT2D eigenvalue weighted by Crippen LogP contribution is 2.64. The van der Waals surface area contributed by atoms with Crippen LogP contribution in [0, 0.1) is 40.4 Å². The molecule has 23 heavy (non-hydrogen) atoms. The lowest BCUT2D eigenvalue weighted by Crippen LogP contribution is -2.56. The summed E-state index contributed by atoms with van der Waals surface area (Å²) in [5.74, 6) is 4.05. The van der Waals surface area contributed by atoms with Crippen molar-refractivity contribution in [1.29, 1.82) is 0 Å². The molecule has 6 atom stereocenters. The van der Waals surface area contributed by atoms with Crippen molar-refractivity contribution in [2.24, 2.45) is 40.4 Å². The molecular formula is C21H36O2. The van der Waals surface area contributed by atoms with E-state index in [1.807, 2.05) is 0 Å². The fourth-order valence-electron chi connectivity index (χ4n) is 6.96. The number of carbonyl (C=O) groups excluding carboxylic acids is 1. The SMILES string of the molecule is COC(=O)[C@]1(C)CCC[C@@]2(C)[C@H]1CC[C@H]1C[C@H](C(C)C)CC[C@@H]12. The topological polar surface area (TPSA) is 26.3 Å². The molecule has 0 aliphatic heterocycles. The Kier molecular flexibility index (Phi) is 4.57. The van der Waals surface area contributed by atoms with E-state index in [1.165, 1.54) is 44.9 Å². The number of methoxy groups -OCH3 is 1. The van der Waals surface area contributed by atoms with Crippen LogP contribution in [0.1, 0.15) is 79.1 Å². The van der Waals surface area contributed by atoms with Crippen molar-refractivity contribution in [3.8, 4) is 0 Å². The van der Waals surface area contributed by atoms with Gasteiger partial charge in [-0.25, -0.2) is 0 Å². The summed E-state index contributed by atoms with van der Waals surface area (Å²) in [5.41, 5.74) is 0.105. The minimum absolute atomic E-state index is 0.0442. The minimum atomic E-state index is -0.248. The maximum atomic E-state index is 12.6. The van der Waals surface area contributed by atoms with Gasteiger partial charge in [-0.1, -0.05) is 27.2 Å². The van der Waals surface area contributed by atoms with E-state index in [1.54, 1.807) is 7.11 Å². The largest absolute Gasteiger partial charge is 0.469 e. The summed E-state index contributed by atoms with van der Waals surface area (Å²) in [6.45, 7) is 9.51. The first-order valence-corrected chi connectivity index (χ1v) is 9.91. The van der Waals surface area contributed by atoms with E-state index in [0.29, 0.717) is 11.3 Å². The van der Waals surface area contributed by atoms with Gasteiger partial charge in [0.25, 0.3) is 0 Å². The third-order valence-electron chi connectivity index (χ3n) is 8.27. The zero-order valence-corrected chi connectivity index (χ0v) is 15.9. The summed E-state index contributed by atoms with van der Waals surface area (Å²) in [6, 6.07) is 0. The van der Waals surface area contributed by atoms with Gasteiger partial charge in [0, 0.05) is 0 Å². The lowest BCUT2D eigenvalue weighted by atomic mass is 9.43. The molecule has 0 N–H and O–H groups in total. The molecule has 0 radical (unpaired) electrons. The Morgan fingerprint density at radius 2 is 1.83 bits per heavy atom. The molecule has 0 aromatic carbocycles. The Morgan fingerprint density at radius 1 is 1.09 bits per heavy atom. The first-order valence-electron chi connectivity index (χ1n) is 9.91. The molecule has 3 aliphatic rings. The number of ether oxygens (including phenoxy) is 1. The molecule has 3 saturated carbocycles. The van der Waals surface area contributed by atoms with Crippen molar-refractivity contribution >= 4 is 5.97 Å². The Labute approximate surface area is 142 Å². The molecule has 2 heteroatoms. The van der Waals surface area contributed by atoms with Crippen LogP contribution in [0.2, 0.25) is 0 Å². The fraction of sp³-hybridized carbons (Fsp3) is 0.952. The molecule has 0 aromatic heterocycles. The van der Waals surface area contributed by atoms with Crippen molar-refractivity contribution in [3.05, 3.63) is 0 Å². The second-order valence-electron chi connectivity index (χ2n) is 9.58. The summed E-state index contributed by atoms with van der Waals surface area (Å²) >= 11 is 0. The summed E-state index contributed by atoms with van der Waals surface area (Å²) in [6.07, 6.45) is 10.3. The van der Waals surface area contributed by atoms with Gasteiger partial charge < -0.3 is 4.74 Å². The zero-order valence-electron chi connectivity index (χ0n) is 15.9. The molecule has 2 nitrogen and oxygen atoms in total. The highest BCUT2D eigenvalue weighted by atomic mass is 16.5. The predicted octanol–water partition coefficient (Wildman–Crippen LogP) is 5.45. The van der Waals surface area contributed by atoms with E-state index in [-0.39, 0.29) is 11.4 Å². The van der Waals surface area contributed by atoms with E-state index >= 15 is 0 Å². The van der Waals surface area contributed by atoms with Gasteiger partial charge in [-0.3, -0.25) is 4.79 Å². The smallest absolute Gasteiger partial charge is 0.311 e. The Hall–Kier alpha value is -0.530. The molecule has 0 bridgehead atoms. The number of carbonyl (C=O) groups is 1. The Morgan fingerprint density at radius 3 is 2.48 bits per heavy atom. The highest BCUT2D eigenvalue weighted by Gasteiger charge is 2.59. The van der Waals surface area contributed by atoms with Crippen LogP contribution in [0.15, 0.2) is 0 Å². The van der Waals surface area contributed by atoms with E-state index in [0.717, 1.165) is 30.1 Å². The van der Waals surface area contributed by atoms with E-state index < -0.39 is 0 Å². The number of hydrogen-bond acceptors (Lipinski definition) is 2. The summed E-state index contributed by atoms with van der Waals surface area (Å²) in [5, 5.41) is 0. The Bertz CT molecular complexity index is 457. The molecular weight excluding hydrogens is 284 g/mol. The molecule has 3 rings (SSSR count). The number of hydrogen-bond donors (Lipinski definition) is 0. The summed E-state index contributed by atoms with van der Waals surface area (Å²) in [7, 11) is 1.57. The van der Waals surface area contributed by atoms with Crippen molar-refractivity contribution < 1.29 is 9.53 Å². The first kappa shape index (κ1) is 17.3. The maximum absolute atomic E-state index is 12.6. The van der Waals surface area contributed by atoms with Crippen molar-refractivity contribution in [2.45, 2.75) is 79.1 Å². The molecule has 0 saturated heterocycles. The van der Waals surface area contributed by atoms with Crippen LogP contribution < -0.4 is 0 Å². The van der Waals surface area contributed by atoms with Crippen molar-refractivity contribution in [2.75, 3.05) is 7.11 Å². The van der Waals surface area contributed by atoms with Gasteiger partial charge in [0.05, 0.1) is 12.5 Å². The van der Waals surface area contributed by atoms with Crippen molar-refractivity contribution in [3.63, 3.8) is 0 Å². The van der Waals surface area contributed by atoms with Crippen LogP contribution in [0.3, 0.4) is 0 Å². The van der Waals surface area contributed by atoms with Crippen LogP contribution >= 0.6 is 0 Å². The number of fused-ring (bicyclic) bond motifs is 3. The van der Waals surface area contributed by atoms with Gasteiger partial charge in [-0.05, 0) is 86.9 Å². The third-order valence-corrected chi connectivity index (χ3v) is 8.27. The van der Waals surface area contributed by atoms with Crippen LogP contribution in [0.4, 0.5) is 0 Å². The van der Waals surface area contributed by atoms with Crippen LogP contribution in [0.5, 0.6) is 0 Å². The number of esters is 1. The first-order chi connectivity index (χ1) is 10.8. The molecule has 0 unspecified atom stereocenters. The lowest BCUT2D eigenvalue weighted by Gasteiger charge is -2.61. The predicted molar refractivity (Wildman–Crippen MR) is 94.0 cm³/mol. The summed E-state index contributed by atoms with van der Waals surface area (Å²) < 4.78 is 5.23. The quantitative estimate of drug-likeness (QED) is 0.632. The van der Waals surface area contributed by atoms with E-state index in [2.05, 4.69) is 27.7 Å². The van der Waals surface area contributed by atoms with Gasteiger partial charge in [-0.15, -0.1) is 0 Å². The van der Waals surface area contributed by atoms with Crippen LogP contribution in [-0.2, 0) is 9.53 Å². The van der Waals surface area contributed by atoms with Gasteiger partial charge in [0.15, 0.2) is 0 Å². The lowest BCUT2D eigenvalue weighted by molar-refractivity contribution is -0.176.